The quantitative estimate of drug-likeness (QED) is 0.834. The lowest BCUT2D eigenvalue weighted by atomic mass is 10.0. The second kappa shape index (κ2) is 8.48. The van der Waals surface area contributed by atoms with Gasteiger partial charge in [-0.25, -0.2) is 0 Å². The highest BCUT2D eigenvalue weighted by molar-refractivity contribution is 5.76. The number of nitrogens with one attached hydrogen (secondary N) is 1. The molecule has 1 aliphatic heterocycles. The average molecular weight is 343 g/mol. The van der Waals surface area contributed by atoms with Crippen molar-refractivity contribution >= 4 is 5.91 Å². The Morgan fingerprint density at radius 2 is 1.96 bits per heavy atom. The molecule has 0 bridgehead atoms. The van der Waals surface area contributed by atoms with Crippen LogP contribution in [0, 0.1) is 0 Å². The first-order valence-corrected chi connectivity index (χ1v) is 8.27. The molecule has 0 aliphatic carbocycles. The molecule has 1 fully saturated rings. The summed E-state index contributed by atoms with van der Waals surface area (Å²) in [6, 6.07) is 5.51. The van der Waals surface area contributed by atoms with E-state index in [9.17, 15) is 18.0 Å². The summed E-state index contributed by atoms with van der Waals surface area (Å²) in [5, 5.41) is 2.89. The van der Waals surface area contributed by atoms with Crippen LogP contribution in [0.4, 0.5) is 13.2 Å². The molecular formula is C17H24F3N3O. The van der Waals surface area contributed by atoms with Crippen molar-refractivity contribution in [2.75, 3.05) is 19.6 Å². The van der Waals surface area contributed by atoms with Crippen LogP contribution in [0.2, 0.25) is 0 Å². The van der Waals surface area contributed by atoms with Crippen LogP contribution in [0.3, 0.4) is 0 Å². The van der Waals surface area contributed by atoms with E-state index in [1.807, 2.05) is 0 Å². The van der Waals surface area contributed by atoms with Crippen LogP contribution in [0.15, 0.2) is 24.3 Å². The van der Waals surface area contributed by atoms with E-state index in [4.69, 9.17) is 5.73 Å². The van der Waals surface area contributed by atoms with Crippen LogP contribution in [0.25, 0.3) is 0 Å². The van der Waals surface area contributed by atoms with E-state index >= 15 is 0 Å². The molecule has 0 aromatic heterocycles. The SMILES string of the molecule is NCCC(=O)NCC1CCCCN1Cc1ccc(C(F)(F)F)cc1. The lowest BCUT2D eigenvalue weighted by Gasteiger charge is -2.36. The summed E-state index contributed by atoms with van der Waals surface area (Å²) in [6.07, 6.45) is -0.858. The maximum Gasteiger partial charge on any atom is 0.416 e. The Labute approximate surface area is 140 Å². The van der Waals surface area contributed by atoms with Crippen molar-refractivity contribution in [3.05, 3.63) is 35.4 Å². The van der Waals surface area contributed by atoms with Crippen LogP contribution in [-0.4, -0.2) is 36.5 Å². The summed E-state index contributed by atoms with van der Waals surface area (Å²) >= 11 is 0. The Bertz CT molecular complexity index is 531. The molecule has 0 radical (unpaired) electrons. The van der Waals surface area contributed by atoms with Crippen molar-refractivity contribution in [2.24, 2.45) is 5.73 Å². The van der Waals surface area contributed by atoms with Crippen LogP contribution in [0.1, 0.15) is 36.8 Å². The monoisotopic (exact) mass is 343 g/mol. The molecule has 1 heterocycles. The van der Waals surface area contributed by atoms with Crippen molar-refractivity contribution < 1.29 is 18.0 Å². The molecule has 1 aromatic rings. The number of nitrogens with zero attached hydrogens (tertiary/aromatic N) is 1. The molecule has 1 atom stereocenters. The second-order valence-electron chi connectivity index (χ2n) is 6.16. The molecular weight excluding hydrogens is 319 g/mol. The van der Waals surface area contributed by atoms with Crippen LogP contribution >= 0.6 is 0 Å². The standard InChI is InChI=1S/C17H24F3N3O/c18-17(19,20)14-6-4-13(5-7-14)12-23-10-2-1-3-15(23)11-22-16(24)8-9-21/h4-7,15H,1-3,8-12,21H2,(H,22,24). The van der Waals surface area contributed by atoms with E-state index < -0.39 is 11.7 Å². The Kier molecular flexibility index (Phi) is 6.62. The van der Waals surface area contributed by atoms with Gasteiger partial charge in [-0.05, 0) is 37.1 Å². The predicted octanol–water partition coefficient (Wildman–Crippen LogP) is 2.52. The maximum atomic E-state index is 12.6. The number of likely N-dealkylation sites (tertiary alicyclic amines) is 1. The minimum atomic E-state index is -4.31. The van der Waals surface area contributed by atoms with Crippen LogP contribution in [-0.2, 0) is 17.5 Å². The summed E-state index contributed by atoms with van der Waals surface area (Å²) in [5.74, 6) is -0.0578. The maximum absolute atomic E-state index is 12.6. The van der Waals surface area contributed by atoms with Gasteiger partial charge in [-0.15, -0.1) is 0 Å². The molecule has 1 aromatic carbocycles. The molecule has 1 saturated heterocycles. The average Bonchev–Trinajstić information content (AvgIpc) is 2.54. The Morgan fingerprint density at radius 1 is 1.25 bits per heavy atom. The number of nitrogens with two attached hydrogens (primary N) is 1. The summed E-state index contributed by atoms with van der Waals surface area (Å²) in [6.45, 7) is 2.36. The molecule has 0 spiro atoms. The molecule has 1 aliphatic rings. The van der Waals surface area contributed by atoms with Gasteiger partial charge in [0.25, 0.3) is 0 Å². The van der Waals surface area contributed by atoms with E-state index in [0.29, 0.717) is 26.1 Å². The number of carbonyl (C=O) groups excluding carboxylic acids is 1. The fraction of sp³-hybridized carbons (Fsp3) is 0.588. The first kappa shape index (κ1) is 18.7. The van der Waals surface area contributed by atoms with Gasteiger partial charge in [0, 0.05) is 32.1 Å². The van der Waals surface area contributed by atoms with E-state index in [-0.39, 0.29) is 11.9 Å². The van der Waals surface area contributed by atoms with Gasteiger partial charge >= 0.3 is 6.18 Å². The highest BCUT2D eigenvalue weighted by Crippen LogP contribution is 2.29. The van der Waals surface area contributed by atoms with Crippen molar-refractivity contribution in [3.8, 4) is 0 Å². The largest absolute Gasteiger partial charge is 0.416 e. The topological polar surface area (TPSA) is 58.4 Å². The van der Waals surface area contributed by atoms with Crippen molar-refractivity contribution in [3.63, 3.8) is 0 Å². The van der Waals surface area contributed by atoms with Gasteiger partial charge in [-0.1, -0.05) is 18.6 Å². The van der Waals surface area contributed by atoms with Gasteiger partial charge in [0.05, 0.1) is 5.56 Å². The summed E-state index contributed by atoms with van der Waals surface area (Å²) in [5.41, 5.74) is 5.58. The van der Waals surface area contributed by atoms with Crippen molar-refractivity contribution in [1.29, 1.82) is 0 Å². The Hall–Kier alpha value is -1.60. The molecule has 3 N–H and O–H groups in total. The zero-order valence-corrected chi connectivity index (χ0v) is 13.6. The number of halogens is 3. The smallest absolute Gasteiger partial charge is 0.354 e. The number of hydrogen-bond acceptors (Lipinski definition) is 3. The second-order valence-corrected chi connectivity index (χ2v) is 6.16. The molecule has 2 rings (SSSR count). The summed E-state index contributed by atoms with van der Waals surface area (Å²) in [7, 11) is 0. The predicted molar refractivity (Wildman–Crippen MR) is 86.2 cm³/mol. The fourth-order valence-electron chi connectivity index (χ4n) is 2.98. The minimum absolute atomic E-state index is 0.0578. The third-order valence-corrected chi connectivity index (χ3v) is 4.32. The number of alkyl halides is 3. The first-order valence-electron chi connectivity index (χ1n) is 8.27. The summed E-state index contributed by atoms with van der Waals surface area (Å²) < 4.78 is 37.9. The lowest BCUT2D eigenvalue weighted by Crippen LogP contribution is -2.46. The molecule has 134 valence electrons. The summed E-state index contributed by atoms with van der Waals surface area (Å²) in [4.78, 5) is 13.8. The minimum Gasteiger partial charge on any atom is -0.354 e. The van der Waals surface area contributed by atoms with Gasteiger partial charge in [0.2, 0.25) is 5.91 Å². The van der Waals surface area contributed by atoms with Gasteiger partial charge in [0.1, 0.15) is 0 Å². The van der Waals surface area contributed by atoms with Gasteiger partial charge in [-0.2, -0.15) is 13.2 Å². The first-order chi connectivity index (χ1) is 11.4. The van der Waals surface area contributed by atoms with Crippen LogP contribution < -0.4 is 11.1 Å². The third kappa shape index (κ3) is 5.49. The Balaban J connectivity index is 1.94. The normalized spacial score (nSPS) is 19.2. The highest BCUT2D eigenvalue weighted by atomic mass is 19.4. The van der Waals surface area contributed by atoms with E-state index in [1.165, 1.54) is 12.1 Å². The molecule has 7 heteroatoms. The third-order valence-electron chi connectivity index (χ3n) is 4.32. The molecule has 0 saturated carbocycles. The molecule has 1 unspecified atom stereocenters. The Morgan fingerprint density at radius 3 is 2.58 bits per heavy atom. The lowest BCUT2D eigenvalue weighted by molar-refractivity contribution is -0.137. The number of rotatable bonds is 6. The van der Waals surface area contributed by atoms with Gasteiger partial charge in [0.15, 0.2) is 0 Å². The van der Waals surface area contributed by atoms with Gasteiger partial charge < -0.3 is 11.1 Å². The molecule has 24 heavy (non-hydrogen) atoms. The van der Waals surface area contributed by atoms with E-state index in [0.717, 1.165) is 43.5 Å². The highest BCUT2D eigenvalue weighted by Gasteiger charge is 2.30. The van der Waals surface area contributed by atoms with Gasteiger partial charge in [-0.3, -0.25) is 9.69 Å². The zero-order chi connectivity index (χ0) is 17.6. The number of carbonyl (C=O) groups is 1. The number of piperidine rings is 1. The van der Waals surface area contributed by atoms with Crippen molar-refractivity contribution in [1.82, 2.24) is 10.2 Å². The molecule has 4 nitrogen and oxygen atoms in total. The van der Waals surface area contributed by atoms with E-state index in [2.05, 4.69) is 10.2 Å². The number of amides is 1. The zero-order valence-electron chi connectivity index (χ0n) is 13.6. The van der Waals surface area contributed by atoms with Crippen LogP contribution in [0.5, 0.6) is 0 Å². The molecule has 1 amide bonds. The fourth-order valence-corrected chi connectivity index (χ4v) is 2.98. The van der Waals surface area contributed by atoms with E-state index in [1.54, 1.807) is 0 Å². The van der Waals surface area contributed by atoms with Crippen molar-refractivity contribution in [2.45, 2.75) is 44.4 Å². The number of benzene rings is 1. The number of hydrogen-bond donors (Lipinski definition) is 2.